The Hall–Kier alpha value is -6.31. The maximum atomic E-state index is 14.2. The first kappa shape index (κ1) is 30.1. The lowest BCUT2D eigenvalue weighted by atomic mass is 9.99. The lowest BCUT2D eigenvalue weighted by Gasteiger charge is -2.20. The molecule has 0 saturated heterocycles. The summed E-state index contributed by atoms with van der Waals surface area (Å²) in [4.78, 5) is 3.95. The van der Waals surface area contributed by atoms with E-state index in [2.05, 4.69) is 51.9 Å². The topological polar surface area (TPSA) is 38.0 Å². The summed E-state index contributed by atoms with van der Waals surface area (Å²) in [5.74, 6) is 0. The molecule has 49 heavy (non-hydrogen) atoms. The Kier molecular flexibility index (Phi) is 6.67. The van der Waals surface area contributed by atoms with Crippen LogP contribution in [0.4, 0.5) is 18.9 Å². The van der Waals surface area contributed by atoms with Gasteiger partial charge in [0.1, 0.15) is 0 Å². The molecule has 0 aliphatic carbocycles. The molecule has 0 spiro atoms. The van der Waals surface area contributed by atoms with Gasteiger partial charge in [-0.05, 0) is 103 Å². The SMILES string of the molecule is [C-]#[N+]c1cc(-n2c3cc(C)ccc3c3ccc(C(F)(F)F)cc32)c(-n2c3cc(C)ccc3c3ccc(C)cc32)cc1-c1cccc(C#N)c1. The Morgan fingerprint density at radius 3 is 1.59 bits per heavy atom. The van der Waals surface area contributed by atoms with Crippen LogP contribution in [0.2, 0.25) is 0 Å². The molecule has 8 aromatic rings. The van der Waals surface area contributed by atoms with Gasteiger partial charge in [0.05, 0.1) is 57.2 Å². The molecule has 0 saturated carbocycles. The average Bonchev–Trinajstić information content (AvgIpc) is 3.57. The normalized spacial score (nSPS) is 11.8. The second kappa shape index (κ2) is 10.9. The molecule has 0 fully saturated rings. The van der Waals surface area contributed by atoms with Crippen molar-refractivity contribution in [1.82, 2.24) is 9.13 Å². The van der Waals surface area contributed by atoms with Crippen LogP contribution in [0.5, 0.6) is 0 Å². The molecule has 7 heteroatoms. The van der Waals surface area contributed by atoms with Crippen LogP contribution in [0.1, 0.15) is 27.8 Å². The first-order valence-corrected chi connectivity index (χ1v) is 15.8. The molecule has 0 N–H and O–H groups in total. The van der Waals surface area contributed by atoms with E-state index < -0.39 is 11.7 Å². The van der Waals surface area contributed by atoms with Gasteiger partial charge >= 0.3 is 6.18 Å². The van der Waals surface area contributed by atoms with E-state index in [0.717, 1.165) is 55.5 Å². The molecule has 0 aliphatic heterocycles. The molecule has 0 aliphatic rings. The van der Waals surface area contributed by atoms with E-state index in [9.17, 15) is 18.4 Å². The molecule has 2 aromatic heterocycles. The lowest BCUT2D eigenvalue weighted by molar-refractivity contribution is -0.137. The van der Waals surface area contributed by atoms with Crippen molar-refractivity contribution in [2.45, 2.75) is 26.9 Å². The van der Waals surface area contributed by atoms with Gasteiger partial charge in [-0.25, -0.2) is 4.85 Å². The van der Waals surface area contributed by atoms with Crippen molar-refractivity contribution < 1.29 is 13.2 Å². The van der Waals surface area contributed by atoms with E-state index in [0.29, 0.717) is 44.7 Å². The number of aryl methyl sites for hydroxylation is 3. The number of nitriles is 1. The Morgan fingerprint density at radius 1 is 0.612 bits per heavy atom. The van der Waals surface area contributed by atoms with Gasteiger partial charge in [-0.1, -0.05) is 54.6 Å². The van der Waals surface area contributed by atoms with Gasteiger partial charge in [-0.2, -0.15) is 18.4 Å². The third-order valence-corrected chi connectivity index (χ3v) is 9.33. The highest BCUT2D eigenvalue weighted by molar-refractivity contribution is 6.12. The number of benzene rings is 6. The summed E-state index contributed by atoms with van der Waals surface area (Å²) in [5, 5.41) is 13.3. The van der Waals surface area contributed by atoms with Crippen molar-refractivity contribution in [3.05, 3.63) is 148 Å². The fourth-order valence-corrected chi connectivity index (χ4v) is 7.07. The number of hydrogen-bond donors (Lipinski definition) is 0. The molecule has 0 amide bonds. The second-order valence-corrected chi connectivity index (χ2v) is 12.6. The molecule has 4 nitrogen and oxygen atoms in total. The van der Waals surface area contributed by atoms with Crippen LogP contribution < -0.4 is 0 Å². The van der Waals surface area contributed by atoms with E-state index in [1.807, 2.05) is 55.7 Å². The fourth-order valence-electron chi connectivity index (χ4n) is 7.07. The molecule has 0 unspecified atom stereocenters. The minimum Gasteiger partial charge on any atom is -0.308 e. The molecule has 236 valence electrons. The Balaban J connectivity index is 1.61. The van der Waals surface area contributed by atoms with Crippen molar-refractivity contribution >= 4 is 49.3 Å². The van der Waals surface area contributed by atoms with Crippen molar-refractivity contribution in [3.8, 4) is 28.6 Å². The predicted octanol–water partition coefficient (Wildman–Crippen LogP) is 11.9. The molecule has 8 rings (SSSR count). The molecule has 0 radical (unpaired) electrons. The van der Waals surface area contributed by atoms with Crippen LogP contribution in [-0.4, -0.2) is 9.13 Å². The highest BCUT2D eigenvalue weighted by atomic mass is 19.4. The summed E-state index contributed by atoms with van der Waals surface area (Å²) in [6.45, 7) is 14.3. The van der Waals surface area contributed by atoms with Crippen molar-refractivity contribution in [2.75, 3.05) is 0 Å². The number of aromatic nitrogens is 2. The minimum absolute atomic E-state index is 0.316. The standard InChI is InChI=1S/C42H27F3N4/c1-24-8-12-30-31-13-9-25(2)17-37(31)48(36(30)16-24)40-21-34(28-7-5-6-27(19-28)23-46)35(47-4)22-41(40)49-38-18-26(3)10-14-32(38)33-15-11-29(20-39(33)49)42(43,44)45/h5-22H,1-3H3. The monoisotopic (exact) mass is 644 g/mol. The number of rotatable bonds is 3. The fraction of sp³-hybridized carbons (Fsp3) is 0.0952. The zero-order chi connectivity index (χ0) is 34.2. The van der Waals surface area contributed by atoms with Gasteiger partial charge in [0.2, 0.25) is 0 Å². The first-order valence-electron chi connectivity index (χ1n) is 15.8. The number of fused-ring (bicyclic) bond motifs is 6. The van der Waals surface area contributed by atoms with E-state index in [1.165, 1.54) is 12.1 Å². The van der Waals surface area contributed by atoms with Crippen LogP contribution >= 0.6 is 0 Å². The molecule has 6 aromatic carbocycles. The van der Waals surface area contributed by atoms with Gasteiger partial charge in [-0.3, -0.25) is 0 Å². The number of nitrogens with zero attached hydrogens (tertiary/aromatic N) is 4. The maximum absolute atomic E-state index is 14.2. The summed E-state index contributed by atoms with van der Waals surface area (Å²) in [6.07, 6.45) is -4.55. The van der Waals surface area contributed by atoms with Crippen LogP contribution in [0.3, 0.4) is 0 Å². The van der Waals surface area contributed by atoms with Crippen molar-refractivity contribution in [3.63, 3.8) is 0 Å². The smallest absolute Gasteiger partial charge is 0.308 e. The van der Waals surface area contributed by atoms with Gasteiger partial charge in [0, 0.05) is 21.5 Å². The average molecular weight is 645 g/mol. The Morgan fingerprint density at radius 2 is 1.10 bits per heavy atom. The predicted molar refractivity (Wildman–Crippen MR) is 191 cm³/mol. The summed E-state index contributed by atoms with van der Waals surface area (Å²) in [7, 11) is 0. The third kappa shape index (κ3) is 4.74. The molecule has 0 atom stereocenters. The van der Waals surface area contributed by atoms with Gasteiger partial charge < -0.3 is 9.13 Å². The van der Waals surface area contributed by atoms with Gasteiger partial charge in [0.25, 0.3) is 0 Å². The summed E-state index contributed by atoms with van der Waals surface area (Å²) in [6, 6.07) is 35.4. The molecular formula is C42H27F3N4. The van der Waals surface area contributed by atoms with Crippen molar-refractivity contribution in [2.24, 2.45) is 0 Å². The van der Waals surface area contributed by atoms with Gasteiger partial charge in [-0.15, -0.1) is 0 Å². The second-order valence-electron chi connectivity index (χ2n) is 12.6. The minimum atomic E-state index is -4.55. The quantitative estimate of drug-likeness (QED) is 0.176. The number of hydrogen-bond acceptors (Lipinski definition) is 1. The van der Waals surface area contributed by atoms with E-state index in [-0.39, 0.29) is 0 Å². The largest absolute Gasteiger partial charge is 0.416 e. The number of halogens is 3. The maximum Gasteiger partial charge on any atom is 0.416 e. The van der Waals surface area contributed by atoms with Crippen LogP contribution in [-0.2, 0) is 6.18 Å². The Bertz CT molecular complexity index is 2710. The van der Waals surface area contributed by atoms with E-state index >= 15 is 0 Å². The highest BCUT2D eigenvalue weighted by Crippen LogP contribution is 2.44. The highest BCUT2D eigenvalue weighted by Gasteiger charge is 2.32. The molecule has 2 heterocycles. The zero-order valence-corrected chi connectivity index (χ0v) is 26.8. The van der Waals surface area contributed by atoms with Crippen LogP contribution in [0.25, 0.3) is 71.0 Å². The van der Waals surface area contributed by atoms with Crippen LogP contribution in [0.15, 0.2) is 109 Å². The molecule has 0 bridgehead atoms. The van der Waals surface area contributed by atoms with Crippen LogP contribution in [0, 0.1) is 38.7 Å². The summed E-state index contributed by atoms with van der Waals surface area (Å²) < 4.78 is 46.8. The van der Waals surface area contributed by atoms with Gasteiger partial charge in [0.15, 0.2) is 5.69 Å². The number of alkyl halides is 3. The lowest BCUT2D eigenvalue weighted by Crippen LogP contribution is -2.07. The van der Waals surface area contributed by atoms with Crippen molar-refractivity contribution in [1.29, 1.82) is 5.26 Å². The summed E-state index contributed by atoms with van der Waals surface area (Å²) in [5.41, 5.74) is 8.65. The summed E-state index contributed by atoms with van der Waals surface area (Å²) >= 11 is 0. The first-order chi connectivity index (χ1) is 23.5. The zero-order valence-electron chi connectivity index (χ0n) is 26.8. The third-order valence-electron chi connectivity index (χ3n) is 9.33. The molecular weight excluding hydrogens is 617 g/mol. The van der Waals surface area contributed by atoms with E-state index in [1.54, 1.807) is 24.3 Å². The Labute approximate surface area is 280 Å². The van der Waals surface area contributed by atoms with E-state index in [4.69, 9.17) is 6.57 Å².